The molecule has 2 aromatic rings. The van der Waals surface area contributed by atoms with Crippen molar-refractivity contribution in [3.63, 3.8) is 0 Å². The van der Waals surface area contributed by atoms with Crippen LogP contribution in [-0.2, 0) is 12.8 Å². The Hall–Kier alpha value is -2.21. The highest BCUT2D eigenvalue weighted by atomic mass is 32.1. The lowest BCUT2D eigenvalue weighted by molar-refractivity contribution is 0.0935. The Labute approximate surface area is 157 Å². The lowest BCUT2D eigenvalue weighted by Crippen LogP contribution is -2.38. The van der Waals surface area contributed by atoms with Crippen LogP contribution in [0.5, 0.6) is 11.5 Å². The number of hydrogen-bond acceptors (Lipinski definition) is 5. The molecule has 2 aliphatic rings. The first-order chi connectivity index (χ1) is 12.6. The number of amides is 1. The molecule has 5 nitrogen and oxygen atoms in total. The molecule has 138 valence electrons. The van der Waals surface area contributed by atoms with Crippen molar-refractivity contribution in [3.05, 3.63) is 39.8 Å². The van der Waals surface area contributed by atoms with Crippen LogP contribution in [0.4, 0.5) is 5.00 Å². The highest BCUT2D eigenvalue weighted by Gasteiger charge is 2.33. The van der Waals surface area contributed by atoms with Crippen LogP contribution in [0.2, 0.25) is 0 Å². The Balaban J connectivity index is 1.64. The molecule has 0 fully saturated rings. The Morgan fingerprint density at radius 2 is 2.15 bits per heavy atom. The van der Waals surface area contributed by atoms with Crippen LogP contribution in [0.15, 0.2) is 18.2 Å². The summed E-state index contributed by atoms with van der Waals surface area (Å²) in [5.74, 6) is 1.26. The summed E-state index contributed by atoms with van der Waals surface area (Å²) in [6, 6.07) is 5.19. The summed E-state index contributed by atoms with van der Waals surface area (Å²) < 4.78 is 5.47. The van der Waals surface area contributed by atoms with Crippen LogP contribution < -0.4 is 15.4 Å². The molecule has 1 aromatic carbocycles. The van der Waals surface area contributed by atoms with Gasteiger partial charge < -0.3 is 20.5 Å². The molecule has 0 bridgehead atoms. The van der Waals surface area contributed by atoms with E-state index < -0.39 is 0 Å². The van der Waals surface area contributed by atoms with Gasteiger partial charge in [0.15, 0.2) is 11.5 Å². The van der Waals surface area contributed by atoms with E-state index in [4.69, 9.17) is 4.74 Å². The zero-order valence-electron chi connectivity index (χ0n) is 15.1. The van der Waals surface area contributed by atoms with Crippen LogP contribution in [0, 0.1) is 5.92 Å². The van der Waals surface area contributed by atoms with Gasteiger partial charge in [0.25, 0.3) is 5.91 Å². The van der Waals surface area contributed by atoms with Crippen LogP contribution in [0.25, 0.3) is 0 Å². The first-order valence-corrected chi connectivity index (χ1v) is 10.1. The third-order valence-electron chi connectivity index (χ3n) is 5.34. The molecule has 0 saturated heterocycles. The first-order valence-electron chi connectivity index (χ1n) is 9.28. The summed E-state index contributed by atoms with van der Waals surface area (Å²) in [4.78, 5) is 14.2. The Kier molecular flexibility index (Phi) is 4.53. The predicted molar refractivity (Wildman–Crippen MR) is 103 cm³/mol. The van der Waals surface area contributed by atoms with Crippen molar-refractivity contribution in [1.82, 2.24) is 5.32 Å². The molecule has 1 aromatic heterocycles. The van der Waals surface area contributed by atoms with Gasteiger partial charge in [0, 0.05) is 4.88 Å². The van der Waals surface area contributed by atoms with E-state index in [2.05, 4.69) is 17.6 Å². The van der Waals surface area contributed by atoms with Crippen molar-refractivity contribution in [2.24, 2.45) is 5.92 Å². The largest absolute Gasteiger partial charge is 0.504 e. The minimum atomic E-state index is -0.322. The third kappa shape index (κ3) is 2.92. The highest BCUT2D eigenvalue weighted by Crippen LogP contribution is 2.43. The second kappa shape index (κ2) is 6.83. The number of carbonyl (C=O) groups is 1. The molecule has 26 heavy (non-hydrogen) atoms. The molecular weight excluding hydrogens is 348 g/mol. The molecular formula is C20H24N2O3S. The summed E-state index contributed by atoms with van der Waals surface area (Å²) >= 11 is 1.72. The number of benzene rings is 1. The third-order valence-corrected chi connectivity index (χ3v) is 6.53. The van der Waals surface area contributed by atoms with E-state index in [9.17, 15) is 9.90 Å². The number of thiophene rings is 1. The van der Waals surface area contributed by atoms with E-state index in [1.54, 1.807) is 29.5 Å². The number of carbonyl (C=O) groups excluding carboxylic acids is 1. The Bertz CT molecular complexity index is 846. The predicted octanol–water partition coefficient (Wildman–Crippen LogP) is 4.22. The maximum absolute atomic E-state index is 12.8. The number of anilines is 1. The van der Waals surface area contributed by atoms with Gasteiger partial charge in [-0.05, 0) is 55.4 Å². The molecule has 0 unspecified atom stereocenters. The first kappa shape index (κ1) is 17.2. The van der Waals surface area contributed by atoms with Gasteiger partial charge in [-0.3, -0.25) is 4.79 Å². The monoisotopic (exact) mass is 372 g/mol. The van der Waals surface area contributed by atoms with Gasteiger partial charge in [0.05, 0.1) is 12.2 Å². The van der Waals surface area contributed by atoms with Crippen LogP contribution in [-0.4, -0.2) is 17.6 Å². The summed E-state index contributed by atoms with van der Waals surface area (Å²) in [5.41, 5.74) is 2.93. The van der Waals surface area contributed by atoms with E-state index in [1.807, 2.05) is 6.92 Å². The molecule has 4 rings (SSSR count). The minimum absolute atomic E-state index is 0.0118. The van der Waals surface area contributed by atoms with Gasteiger partial charge in [-0.15, -0.1) is 11.3 Å². The lowest BCUT2D eigenvalue weighted by atomic mass is 9.85. The molecule has 0 saturated carbocycles. The highest BCUT2D eigenvalue weighted by molar-refractivity contribution is 7.16. The van der Waals surface area contributed by atoms with Gasteiger partial charge >= 0.3 is 0 Å². The number of rotatable bonds is 4. The molecule has 0 radical (unpaired) electrons. The van der Waals surface area contributed by atoms with E-state index in [0.717, 1.165) is 34.9 Å². The second-order valence-electron chi connectivity index (χ2n) is 6.94. The number of aromatic hydroxyl groups is 1. The summed E-state index contributed by atoms with van der Waals surface area (Å²) in [6.45, 7) is 4.59. The van der Waals surface area contributed by atoms with Crippen LogP contribution >= 0.6 is 11.3 Å². The van der Waals surface area contributed by atoms with Crippen molar-refractivity contribution in [1.29, 1.82) is 0 Å². The topological polar surface area (TPSA) is 70.6 Å². The van der Waals surface area contributed by atoms with Crippen molar-refractivity contribution in [3.8, 4) is 11.5 Å². The Morgan fingerprint density at radius 3 is 2.92 bits per heavy atom. The molecule has 1 aliphatic heterocycles. The van der Waals surface area contributed by atoms with E-state index >= 15 is 0 Å². The summed E-state index contributed by atoms with van der Waals surface area (Å²) in [6.07, 6.45) is 4.11. The number of nitrogens with one attached hydrogen (secondary N) is 2. The summed E-state index contributed by atoms with van der Waals surface area (Å²) in [7, 11) is 0. The molecule has 1 amide bonds. The molecule has 3 N–H and O–H groups in total. The normalized spacial score (nSPS) is 21.4. The minimum Gasteiger partial charge on any atom is -0.504 e. The number of hydrogen-bond donors (Lipinski definition) is 3. The fourth-order valence-electron chi connectivity index (χ4n) is 3.86. The maximum Gasteiger partial charge on any atom is 0.256 e. The van der Waals surface area contributed by atoms with Crippen molar-refractivity contribution in [2.45, 2.75) is 45.7 Å². The molecule has 6 heteroatoms. The smallest absolute Gasteiger partial charge is 0.256 e. The van der Waals surface area contributed by atoms with Crippen molar-refractivity contribution >= 4 is 22.2 Å². The quantitative estimate of drug-likeness (QED) is 0.751. The molecule has 1 aliphatic carbocycles. The number of phenolic OH excluding ortho intramolecular Hbond substituents is 1. The lowest BCUT2D eigenvalue weighted by Gasteiger charge is -2.27. The number of phenols is 1. The van der Waals surface area contributed by atoms with Crippen LogP contribution in [0.1, 0.15) is 59.2 Å². The van der Waals surface area contributed by atoms with Gasteiger partial charge in [0.1, 0.15) is 11.2 Å². The Morgan fingerprint density at radius 1 is 1.31 bits per heavy atom. The molecule has 2 atom stereocenters. The number of ether oxygens (including phenoxy) is 1. The average molecular weight is 372 g/mol. The SMILES string of the molecule is CCOc1cc([C@H]2NC(=O)c3c(sc4c3CC[C@H](CC)C4)N2)ccc1O. The molecule has 0 spiro atoms. The van der Waals surface area contributed by atoms with Gasteiger partial charge in [-0.2, -0.15) is 0 Å². The van der Waals surface area contributed by atoms with Gasteiger partial charge in [0.2, 0.25) is 0 Å². The van der Waals surface area contributed by atoms with Gasteiger partial charge in [-0.1, -0.05) is 19.4 Å². The van der Waals surface area contributed by atoms with Crippen molar-refractivity contribution < 1.29 is 14.6 Å². The fourth-order valence-corrected chi connectivity index (χ4v) is 5.25. The number of fused-ring (bicyclic) bond motifs is 3. The van der Waals surface area contributed by atoms with E-state index in [1.165, 1.54) is 23.3 Å². The summed E-state index contributed by atoms with van der Waals surface area (Å²) in [5, 5.41) is 17.4. The van der Waals surface area contributed by atoms with Crippen molar-refractivity contribution in [2.75, 3.05) is 11.9 Å². The van der Waals surface area contributed by atoms with Gasteiger partial charge in [-0.25, -0.2) is 0 Å². The fraction of sp³-hybridized carbons (Fsp3) is 0.450. The molecule has 2 heterocycles. The maximum atomic E-state index is 12.8. The average Bonchev–Trinajstić information content (AvgIpc) is 3.01. The zero-order chi connectivity index (χ0) is 18.3. The van der Waals surface area contributed by atoms with E-state index in [-0.39, 0.29) is 17.8 Å². The second-order valence-corrected chi connectivity index (χ2v) is 8.04. The standard InChI is InChI=1S/C20H24N2O3S/c1-3-11-5-7-13-16(9-11)26-20-17(13)19(24)21-18(22-20)12-6-8-14(23)15(10-12)25-4-2/h6,8,10-11,18,22-23H,3-5,7,9H2,1-2H3,(H,21,24)/t11-,18-/m0/s1. The van der Waals surface area contributed by atoms with Crippen LogP contribution in [0.3, 0.4) is 0 Å². The van der Waals surface area contributed by atoms with E-state index in [0.29, 0.717) is 12.4 Å². The zero-order valence-corrected chi connectivity index (χ0v) is 15.9.